The highest BCUT2D eigenvalue weighted by Gasteiger charge is 2.51. The quantitative estimate of drug-likeness (QED) is 0.814. The molecular formula is C19H17Cl2NO4. The van der Waals surface area contributed by atoms with Crippen LogP contribution in [0.4, 0.5) is 5.69 Å². The van der Waals surface area contributed by atoms with Gasteiger partial charge in [0.15, 0.2) is 5.60 Å². The number of nitrogens with zero attached hydrogens (tertiary/aromatic N) is 1. The monoisotopic (exact) mass is 393 g/mol. The molecule has 0 fully saturated rings. The SMILES string of the molecule is CC(=O)CC1(O)C(=O)N(CCOc2ccccc2)c2c1ccc(Cl)c2Cl. The van der Waals surface area contributed by atoms with E-state index in [4.69, 9.17) is 27.9 Å². The van der Waals surface area contributed by atoms with E-state index in [1.165, 1.54) is 24.0 Å². The van der Waals surface area contributed by atoms with Crippen LogP contribution in [0.2, 0.25) is 10.0 Å². The van der Waals surface area contributed by atoms with E-state index in [0.29, 0.717) is 11.4 Å². The Balaban J connectivity index is 1.90. The van der Waals surface area contributed by atoms with Crippen molar-refractivity contribution < 1.29 is 19.4 Å². The van der Waals surface area contributed by atoms with Gasteiger partial charge in [-0.25, -0.2) is 0 Å². The number of ether oxygens (including phenoxy) is 1. The van der Waals surface area contributed by atoms with Crippen LogP contribution in [0.25, 0.3) is 0 Å². The molecule has 26 heavy (non-hydrogen) atoms. The third-order valence-corrected chi connectivity index (χ3v) is 5.01. The lowest BCUT2D eigenvalue weighted by Gasteiger charge is -2.22. The van der Waals surface area contributed by atoms with E-state index in [-0.39, 0.29) is 41.0 Å². The second kappa shape index (κ2) is 7.27. The highest BCUT2D eigenvalue weighted by Crippen LogP contribution is 2.48. The van der Waals surface area contributed by atoms with Crippen molar-refractivity contribution >= 4 is 40.6 Å². The number of para-hydroxylation sites is 1. The number of carbonyl (C=O) groups is 2. The first-order valence-corrected chi connectivity index (χ1v) is 8.80. The normalized spacial score (nSPS) is 18.8. The molecule has 1 N–H and O–H groups in total. The predicted octanol–water partition coefficient (Wildman–Crippen LogP) is 3.59. The summed E-state index contributed by atoms with van der Waals surface area (Å²) in [5, 5.41) is 11.4. The predicted molar refractivity (Wildman–Crippen MR) is 99.9 cm³/mol. The Hall–Kier alpha value is -2.08. The summed E-state index contributed by atoms with van der Waals surface area (Å²) in [6.07, 6.45) is -0.327. The maximum Gasteiger partial charge on any atom is 0.264 e. The van der Waals surface area contributed by atoms with Gasteiger partial charge in [-0.3, -0.25) is 9.59 Å². The largest absolute Gasteiger partial charge is 0.492 e. The summed E-state index contributed by atoms with van der Waals surface area (Å²) >= 11 is 12.4. The lowest BCUT2D eigenvalue weighted by molar-refractivity contribution is -0.141. The Labute approximate surface area is 161 Å². The van der Waals surface area contributed by atoms with E-state index in [1.807, 2.05) is 18.2 Å². The van der Waals surface area contributed by atoms with Crippen molar-refractivity contribution in [3.05, 3.63) is 58.1 Å². The van der Waals surface area contributed by atoms with Crippen molar-refractivity contribution in [3.8, 4) is 5.75 Å². The van der Waals surface area contributed by atoms with Crippen LogP contribution in [0.3, 0.4) is 0 Å². The molecule has 1 atom stereocenters. The summed E-state index contributed by atoms with van der Waals surface area (Å²) in [4.78, 5) is 25.8. The second-order valence-corrected chi connectivity index (χ2v) is 6.90. The molecule has 2 aromatic rings. The maximum absolute atomic E-state index is 12.9. The number of Topliss-reactive ketones (excluding diaryl/α,β-unsaturated/α-hetero) is 1. The van der Waals surface area contributed by atoms with Crippen LogP contribution in [0.1, 0.15) is 18.9 Å². The molecule has 7 heteroatoms. The molecule has 0 aliphatic carbocycles. The summed E-state index contributed by atoms with van der Waals surface area (Å²) in [6, 6.07) is 12.2. The fraction of sp³-hybridized carbons (Fsp3) is 0.263. The molecule has 0 bridgehead atoms. The minimum absolute atomic E-state index is 0.154. The minimum Gasteiger partial charge on any atom is -0.492 e. The Kier molecular flexibility index (Phi) is 5.23. The summed E-state index contributed by atoms with van der Waals surface area (Å²) in [6.45, 7) is 1.67. The number of halogens is 2. The molecule has 136 valence electrons. The van der Waals surface area contributed by atoms with Crippen LogP contribution in [-0.4, -0.2) is 29.9 Å². The van der Waals surface area contributed by atoms with Crippen LogP contribution in [0.5, 0.6) is 5.75 Å². The molecule has 1 unspecified atom stereocenters. The lowest BCUT2D eigenvalue weighted by Crippen LogP contribution is -2.43. The number of benzene rings is 2. The van der Waals surface area contributed by atoms with Crippen LogP contribution in [-0.2, 0) is 15.2 Å². The fourth-order valence-electron chi connectivity index (χ4n) is 3.09. The van der Waals surface area contributed by atoms with Crippen molar-refractivity contribution in [3.63, 3.8) is 0 Å². The standard InChI is InChI=1S/C19H17Cl2NO4/c1-12(23)11-19(25)14-7-8-15(20)16(21)17(14)22(18(19)24)9-10-26-13-5-3-2-4-6-13/h2-8,25H,9-11H2,1H3. The van der Waals surface area contributed by atoms with E-state index < -0.39 is 11.5 Å². The molecule has 0 radical (unpaired) electrons. The lowest BCUT2D eigenvalue weighted by atomic mass is 9.90. The zero-order valence-electron chi connectivity index (χ0n) is 14.0. The van der Waals surface area contributed by atoms with E-state index in [2.05, 4.69) is 0 Å². The van der Waals surface area contributed by atoms with Crippen LogP contribution in [0, 0.1) is 0 Å². The van der Waals surface area contributed by atoms with Gasteiger partial charge >= 0.3 is 0 Å². The van der Waals surface area contributed by atoms with Gasteiger partial charge in [-0.05, 0) is 25.1 Å². The molecular weight excluding hydrogens is 377 g/mol. The number of amides is 1. The van der Waals surface area contributed by atoms with Crippen molar-refractivity contribution in [2.75, 3.05) is 18.1 Å². The van der Waals surface area contributed by atoms with Crippen LogP contribution >= 0.6 is 23.2 Å². The van der Waals surface area contributed by atoms with E-state index in [9.17, 15) is 14.7 Å². The van der Waals surface area contributed by atoms with Crippen LogP contribution < -0.4 is 9.64 Å². The number of carbonyl (C=O) groups excluding carboxylic acids is 2. The molecule has 5 nitrogen and oxygen atoms in total. The number of anilines is 1. The molecule has 1 amide bonds. The Morgan fingerprint density at radius 2 is 1.88 bits per heavy atom. The topological polar surface area (TPSA) is 66.8 Å². The summed E-state index contributed by atoms with van der Waals surface area (Å²) < 4.78 is 5.63. The van der Waals surface area contributed by atoms with Gasteiger partial charge in [0, 0.05) is 12.0 Å². The Morgan fingerprint density at radius 3 is 2.54 bits per heavy atom. The highest BCUT2D eigenvalue weighted by atomic mass is 35.5. The number of hydrogen-bond donors (Lipinski definition) is 1. The number of fused-ring (bicyclic) bond motifs is 1. The first-order valence-electron chi connectivity index (χ1n) is 8.04. The summed E-state index contributed by atoms with van der Waals surface area (Å²) in [5.74, 6) is -0.251. The average Bonchev–Trinajstić information content (AvgIpc) is 2.80. The smallest absolute Gasteiger partial charge is 0.264 e. The van der Waals surface area contributed by atoms with Gasteiger partial charge in [0.2, 0.25) is 0 Å². The maximum atomic E-state index is 12.9. The molecule has 1 heterocycles. The Morgan fingerprint density at radius 1 is 1.19 bits per heavy atom. The van der Waals surface area contributed by atoms with Crippen molar-refractivity contribution in [2.24, 2.45) is 0 Å². The molecule has 0 spiro atoms. The van der Waals surface area contributed by atoms with Gasteiger partial charge in [0.1, 0.15) is 18.1 Å². The molecule has 1 aliphatic heterocycles. The van der Waals surface area contributed by atoms with E-state index in [1.54, 1.807) is 12.1 Å². The van der Waals surface area contributed by atoms with E-state index in [0.717, 1.165) is 0 Å². The zero-order chi connectivity index (χ0) is 18.9. The number of aliphatic hydroxyl groups is 1. The average molecular weight is 394 g/mol. The summed E-state index contributed by atoms with van der Waals surface area (Å²) in [7, 11) is 0. The van der Waals surface area contributed by atoms with E-state index >= 15 is 0 Å². The molecule has 3 rings (SSSR count). The van der Waals surface area contributed by atoms with Crippen molar-refractivity contribution in [2.45, 2.75) is 18.9 Å². The minimum atomic E-state index is -1.94. The third kappa shape index (κ3) is 3.30. The highest BCUT2D eigenvalue weighted by molar-refractivity contribution is 6.44. The van der Waals surface area contributed by atoms with Gasteiger partial charge in [0.25, 0.3) is 5.91 Å². The number of hydrogen-bond acceptors (Lipinski definition) is 4. The number of ketones is 1. The molecule has 0 saturated heterocycles. The summed E-state index contributed by atoms with van der Waals surface area (Å²) in [5.41, 5.74) is -1.33. The van der Waals surface area contributed by atoms with Crippen molar-refractivity contribution in [1.82, 2.24) is 0 Å². The Bertz CT molecular complexity index is 856. The second-order valence-electron chi connectivity index (χ2n) is 6.11. The van der Waals surface area contributed by atoms with Gasteiger partial charge in [-0.15, -0.1) is 0 Å². The van der Waals surface area contributed by atoms with Gasteiger partial charge in [0.05, 0.1) is 22.3 Å². The first kappa shape index (κ1) is 18.7. The first-order chi connectivity index (χ1) is 12.3. The molecule has 1 aliphatic rings. The fourth-order valence-corrected chi connectivity index (χ4v) is 3.51. The molecule has 2 aromatic carbocycles. The van der Waals surface area contributed by atoms with Crippen LogP contribution in [0.15, 0.2) is 42.5 Å². The van der Waals surface area contributed by atoms with Crippen molar-refractivity contribution in [1.29, 1.82) is 0 Å². The molecule has 0 aromatic heterocycles. The number of rotatable bonds is 6. The van der Waals surface area contributed by atoms with Gasteiger partial charge in [-0.2, -0.15) is 0 Å². The third-order valence-electron chi connectivity index (χ3n) is 4.22. The molecule has 0 saturated carbocycles. The van der Waals surface area contributed by atoms with Gasteiger partial charge in [-0.1, -0.05) is 47.5 Å². The zero-order valence-corrected chi connectivity index (χ0v) is 15.5. The van der Waals surface area contributed by atoms with Gasteiger partial charge < -0.3 is 14.7 Å².